The summed E-state index contributed by atoms with van der Waals surface area (Å²) in [5, 5.41) is 2.92. The third-order valence-electron chi connectivity index (χ3n) is 10.9. The molecule has 0 aromatic heterocycles. The molecule has 1 N–H and O–H groups in total. The smallest absolute Gasteiger partial charge is 0.000442 e. The van der Waals surface area contributed by atoms with Gasteiger partial charge in [-0.1, -0.05) is 289 Å². The van der Waals surface area contributed by atoms with Crippen molar-refractivity contribution in [1.82, 2.24) is 5.32 Å². The van der Waals surface area contributed by atoms with E-state index in [9.17, 15) is 0 Å². The van der Waals surface area contributed by atoms with Gasteiger partial charge < -0.3 is 5.32 Å². The van der Waals surface area contributed by atoms with Crippen molar-refractivity contribution in [2.75, 3.05) is 0 Å². The van der Waals surface area contributed by atoms with Crippen LogP contribution in [0.2, 0.25) is 0 Å². The van der Waals surface area contributed by atoms with E-state index in [0.717, 1.165) is 0 Å². The molecule has 296 valence electrons. The Morgan fingerprint density at radius 1 is 0.200 bits per heavy atom. The van der Waals surface area contributed by atoms with E-state index in [0.29, 0.717) is 0 Å². The molecular weight excluding hydrogens is 603 g/mol. The first kappa shape index (κ1) is 49.0. The molecule has 0 saturated carbocycles. The van der Waals surface area contributed by atoms with Gasteiger partial charge in [-0.2, -0.15) is 0 Å². The van der Waals surface area contributed by atoms with E-state index in [1.807, 2.05) is 36.7 Å². The lowest BCUT2D eigenvalue weighted by atomic mass is 10.0. The number of hydrogen-bond acceptors (Lipinski definition) is 1. The summed E-state index contributed by atoms with van der Waals surface area (Å²) in [5.74, 6) is 0. The highest BCUT2D eigenvalue weighted by Crippen LogP contribution is 2.17. The highest BCUT2D eigenvalue weighted by molar-refractivity contribution is 5.14. The molecule has 1 heterocycles. The minimum atomic E-state index is 1.37. The average Bonchev–Trinajstić information content (AvgIpc) is 3.46. The van der Waals surface area contributed by atoms with Gasteiger partial charge in [0.1, 0.15) is 0 Å². The molecule has 0 spiro atoms. The SMILES string of the molecule is C1=CC=CNC=C1.CCCCCCCCCCCCCCCCCCCCCCCCCCCCCCCCCCCCCCCCCCC. The lowest BCUT2D eigenvalue weighted by molar-refractivity contribution is 0.509. The average molecular weight is 698 g/mol. The molecule has 0 saturated heterocycles. The van der Waals surface area contributed by atoms with Gasteiger partial charge in [0.25, 0.3) is 0 Å². The van der Waals surface area contributed by atoms with Crippen LogP contribution < -0.4 is 5.32 Å². The molecule has 0 aliphatic carbocycles. The van der Waals surface area contributed by atoms with E-state index in [2.05, 4.69) is 19.2 Å². The number of hydrogen-bond donors (Lipinski definition) is 1. The summed E-state index contributed by atoms with van der Waals surface area (Å²) in [6, 6.07) is 0. The van der Waals surface area contributed by atoms with Gasteiger partial charge in [0.2, 0.25) is 0 Å². The molecule has 1 rings (SSSR count). The van der Waals surface area contributed by atoms with Crippen molar-refractivity contribution in [3.63, 3.8) is 0 Å². The molecule has 0 radical (unpaired) electrons. The van der Waals surface area contributed by atoms with Crippen LogP contribution in [-0.2, 0) is 0 Å². The number of unbranched alkanes of at least 4 members (excludes halogenated alkanes) is 40. The van der Waals surface area contributed by atoms with E-state index in [-0.39, 0.29) is 0 Å². The third-order valence-corrected chi connectivity index (χ3v) is 10.9. The van der Waals surface area contributed by atoms with Gasteiger partial charge in [-0.3, -0.25) is 0 Å². The molecule has 1 aliphatic heterocycles. The Labute approximate surface area is 318 Å². The normalized spacial score (nSPS) is 12.2. The second-order valence-electron chi connectivity index (χ2n) is 16.1. The van der Waals surface area contributed by atoms with Gasteiger partial charge in [-0.15, -0.1) is 0 Å². The Morgan fingerprint density at radius 3 is 0.480 bits per heavy atom. The van der Waals surface area contributed by atoms with Gasteiger partial charge >= 0.3 is 0 Å². The van der Waals surface area contributed by atoms with Crippen molar-refractivity contribution in [3.05, 3.63) is 36.7 Å². The molecule has 50 heavy (non-hydrogen) atoms. The van der Waals surface area contributed by atoms with Gasteiger partial charge in [0.05, 0.1) is 0 Å². The first-order valence-corrected chi connectivity index (χ1v) is 23.7. The molecule has 0 aromatic rings. The lowest BCUT2D eigenvalue weighted by Crippen LogP contribution is -1.87. The molecule has 0 fully saturated rings. The first-order chi connectivity index (χ1) is 24.9. The second kappa shape index (κ2) is 48.0. The summed E-state index contributed by atoms with van der Waals surface area (Å²) in [7, 11) is 0. The van der Waals surface area contributed by atoms with Gasteiger partial charge in [-0.25, -0.2) is 0 Å². The van der Waals surface area contributed by atoms with Crippen molar-refractivity contribution in [2.45, 2.75) is 277 Å². The Balaban J connectivity index is 0.00000302. The van der Waals surface area contributed by atoms with Gasteiger partial charge in [-0.05, 0) is 12.2 Å². The number of allylic oxidation sites excluding steroid dienone is 4. The van der Waals surface area contributed by atoms with Gasteiger partial charge in [0.15, 0.2) is 0 Å². The molecule has 0 unspecified atom stereocenters. The predicted molar refractivity (Wildman–Crippen MR) is 231 cm³/mol. The van der Waals surface area contributed by atoms with Crippen LogP contribution in [0.3, 0.4) is 0 Å². The summed E-state index contributed by atoms with van der Waals surface area (Å²) in [4.78, 5) is 0. The number of rotatable bonds is 40. The molecule has 0 amide bonds. The molecule has 1 heteroatoms. The zero-order valence-corrected chi connectivity index (χ0v) is 35.0. The highest BCUT2D eigenvalue weighted by atomic mass is 14.8. The topological polar surface area (TPSA) is 12.0 Å². The van der Waals surface area contributed by atoms with Gasteiger partial charge in [0, 0.05) is 12.4 Å². The largest absolute Gasteiger partial charge is 0.368 e. The Hall–Kier alpha value is -0.980. The molecular formula is C49H95N. The summed E-state index contributed by atoms with van der Waals surface area (Å²) in [5.41, 5.74) is 0. The molecule has 0 aromatic carbocycles. The van der Waals surface area contributed by atoms with E-state index in [1.165, 1.54) is 263 Å². The zero-order valence-electron chi connectivity index (χ0n) is 35.0. The van der Waals surface area contributed by atoms with Crippen LogP contribution in [-0.4, -0.2) is 0 Å². The minimum absolute atomic E-state index is 1.37. The van der Waals surface area contributed by atoms with E-state index in [4.69, 9.17) is 0 Å². The quantitative estimate of drug-likeness (QED) is 0.0629. The molecule has 0 atom stereocenters. The second-order valence-corrected chi connectivity index (χ2v) is 16.1. The van der Waals surface area contributed by atoms with Crippen LogP contribution >= 0.6 is 0 Å². The summed E-state index contributed by atoms with van der Waals surface area (Å²) in [6.07, 6.45) is 72.5. The van der Waals surface area contributed by atoms with E-state index < -0.39 is 0 Å². The summed E-state index contributed by atoms with van der Waals surface area (Å²) < 4.78 is 0. The van der Waals surface area contributed by atoms with Crippen LogP contribution in [0.25, 0.3) is 0 Å². The number of nitrogens with one attached hydrogen (secondary N) is 1. The van der Waals surface area contributed by atoms with Crippen LogP contribution in [0.4, 0.5) is 0 Å². The Morgan fingerprint density at radius 2 is 0.340 bits per heavy atom. The standard InChI is InChI=1S/C43H88.C6H7N/c1-3-5-7-9-11-13-15-17-19-21-23-25-27-29-31-33-35-37-39-41-43-42-40-38-36-34-32-30-28-26-24-22-20-18-16-14-12-10-8-6-4-2;1-2-4-6-7-5-3-1/h3-43H2,1-2H3;1-7H. The van der Waals surface area contributed by atoms with E-state index in [1.54, 1.807) is 0 Å². The monoisotopic (exact) mass is 698 g/mol. The lowest BCUT2D eigenvalue weighted by Gasteiger charge is -2.05. The fraction of sp³-hybridized carbons (Fsp3) is 0.878. The first-order valence-electron chi connectivity index (χ1n) is 23.7. The van der Waals surface area contributed by atoms with Crippen LogP contribution in [0.5, 0.6) is 0 Å². The van der Waals surface area contributed by atoms with Crippen molar-refractivity contribution >= 4 is 0 Å². The predicted octanol–water partition coefficient (Wildman–Crippen LogP) is 18.2. The van der Waals surface area contributed by atoms with Crippen LogP contribution in [0.15, 0.2) is 36.7 Å². The maximum absolute atomic E-state index is 2.92. The molecule has 1 nitrogen and oxygen atoms in total. The zero-order chi connectivity index (χ0) is 35.9. The van der Waals surface area contributed by atoms with Crippen LogP contribution in [0, 0.1) is 0 Å². The fourth-order valence-corrected chi connectivity index (χ4v) is 7.45. The highest BCUT2D eigenvalue weighted by Gasteiger charge is 1.98. The fourth-order valence-electron chi connectivity index (χ4n) is 7.45. The summed E-state index contributed by atoms with van der Waals surface area (Å²) in [6.45, 7) is 4.62. The molecule has 0 bridgehead atoms. The minimum Gasteiger partial charge on any atom is -0.368 e. The van der Waals surface area contributed by atoms with Crippen molar-refractivity contribution in [2.24, 2.45) is 0 Å². The van der Waals surface area contributed by atoms with Crippen molar-refractivity contribution in [3.8, 4) is 0 Å². The van der Waals surface area contributed by atoms with Crippen LogP contribution in [0.1, 0.15) is 277 Å². The maximum Gasteiger partial charge on any atom is 0.000442 e. The van der Waals surface area contributed by atoms with E-state index >= 15 is 0 Å². The summed E-state index contributed by atoms with van der Waals surface area (Å²) >= 11 is 0. The van der Waals surface area contributed by atoms with Crippen molar-refractivity contribution < 1.29 is 0 Å². The Kier molecular flexibility index (Phi) is 47.1. The molecule has 1 aliphatic rings. The van der Waals surface area contributed by atoms with Crippen molar-refractivity contribution in [1.29, 1.82) is 0 Å². The Bertz CT molecular complexity index is 606. The maximum atomic E-state index is 2.92. The third kappa shape index (κ3) is 47.0.